The van der Waals surface area contributed by atoms with Crippen LogP contribution in [0.5, 0.6) is 5.75 Å². The zero-order chi connectivity index (χ0) is 16.5. The van der Waals surface area contributed by atoms with E-state index < -0.39 is 0 Å². The highest BCUT2D eigenvalue weighted by molar-refractivity contribution is 7.10. The highest BCUT2D eigenvalue weighted by Crippen LogP contribution is 2.28. The number of hydrogen-bond acceptors (Lipinski definition) is 4. The number of carbonyl (C=O) groups is 1. The standard InChI is InChI=1S/C19H22N2O2S/c1-13(21-8-6-18-15(12-21)7-9-24-18)11-20-19(22)17-10-14-4-2-3-5-16(14)23-17/h2-5,7,9,13,17H,6,8,10-12H2,1H3,(H,20,22)/t13-,17+/m1/s1. The third-order valence-electron chi connectivity index (χ3n) is 4.97. The first kappa shape index (κ1) is 15.7. The molecule has 0 bridgehead atoms. The van der Waals surface area contributed by atoms with Gasteiger partial charge < -0.3 is 10.1 Å². The van der Waals surface area contributed by atoms with Gasteiger partial charge in [0, 0.05) is 37.0 Å². The number of rotatable bonds is 4. The molecule has 24 heavy (non-hydrogen) atoms. The first-order valence-corrected chi connectivity index (χ1v) is 9.40. The molecule has 4 nitrogen and oxygen atoms in total. The van der Waals surface area contributed by atoms with Crippen LogP contribution in [0.1, 0.15) is 22.9 Å². The summed E-state index contributed by atoms with van der Waals surface area (Å²) in [7, 11) is 0. The van der Waals surface area contributed by atoms with Crippen molar-refractivity contribution < 1.29 is 9.53 Å². The molecule has 4 rings (SSSR count). The maximum atomic E-state index is 12.4. The van der Waals surface area contributed by atoms with Crippen LogP contribution in [0.15, 0.2) is 35.7 Å². The molecule has 1 aromatic heterocycles. The van der Waals surface area contributed by atoms with Crippen molar-refractivity contribution in [2.45, 2.75) is 38.5 Å². The van der Waals surface area contributed by atoms with Crippen molar-refractivity contribution in [2.24, 2.45) is 0 Å². The van der Waals surface area contributed by atoms with Gasteiger partial charge in [0.1, 0.15) is 5.75 Å². The molecule has 1 amide bonds. The number of para-hydroxylation sites is 1. The van der Waals surface area contributed by atoms with E-state index in [-0.39, 0.29) is 12.0 Å². The molecule has 2 aliphatic heterocycles. The van der Waals surface area contributed by atoms with Gasteiger partial charge in [-0.25, -0.2) is 0 Å². The molecular weight excluding hydrogens is 320 g/mol. The Balaban J connectivity index is 1.29. The third kappa shape index (κ3) is 3.06. The molecular formula is C19H22N2O2S. The van der Waals surface area contributed by atoms with Crippen molar-refractivity contribution in [1.29, 1.82) is 0 Å². The first-order valence-electron chi connectivity index (χ1n) is 8.52. The Morgan fingerprint density at radius 1 is 1.38 bits per heavy atom. The number of nitrogens with zero attached hydrogens (tertiary/aromatic N) is 1. The van der Waals surface area contributed by atoms with Gasteiger partial charge in [-0.05, 0) is 42.0 Å². The lowest BCUT2D eigenvalue weighted by molar-refractivity contribution is -0.127. The Kier molecular flexibility index (Phi) is 4.29. The zero-order valence-electron chi connectivity index (χ0n) is 13.8. The molecule has 1 N–H and O–H groups in total. The number of hydrogen-bond donors (Lipinski definition) is 1. The second-order valence-corrected chi connectivity index (χ2v) is 7.60. The Morgan fingerprint density at radius 2 is 2.25 bits per heavy atom. The van der Waals surface area contributed by atoms with Gasteiger partial charge in [-0.2, -0.15) is 0 Å². The van der Waals surface area contributed by atoms with E-state index in [1.54, 1.807) is 0 Å². The van der Waals surface area contributed by atoms with E-state index in [1.807, 2.05) is 35.6 Å². The molecule has 0 saturated heterocycles. The van der Waals surface area contributed by atoms with Crippen LogP contribution in [0.4, 0.5) is 0 Å². The number of carbonyl (C=O) groups excluding carboxylic acids is 1. The van der Waals surface area contributed by atoms with Crippen LogP contribution in [0.2, 0.25) is 0 Å². The van der Waals surface area contributed by atoms with E-state index in [9.17, 15) is 4.79 Å². The lowest BCUT2D eigenvalue weighted by Crippen LogP contribution is -2.47. The van der Waals surface area contributed by atoms with Crippen molar-refractivity contribution in [3.63, 3.8) is 0 Å². The Bertz CT molecular complexity index is 717. The van der Waals surface area contributed by atoms with Crippen LogP contribution in [-0.2, 0) is 24.2 Å². The van der Waals surface area contributed by atoms with Crippen LogP contribution in [0, 0.1) is 0 Å². The van der Waals surface area contributed by atoms with Gasteiger partial charge in [-0.15, -0.1) is 11.3 Å². The minimum atomic E-state index is -0.389. The number of amides is 1. The summed E-state index contributed by atoms with van der Waals surface area (Å²) in [5.74, 6) is 0.831. The van der Waals surface area contributed by atoms with Gasteiger partial charge in [0.05, 0.1) is 0 Å². The number of thiophene rings is 1. The van der Waals surface area contributed by atoms with E-state index in [1.165, 1.54) is 10.4 Å². The van der Waals surface area contributed by atoms with Gasteiger partial charge >= 0.3 is 0 Å². The minimum Gasteiger partial charge on any atom is -0.480 e. The van der Waals surface area contributed by atoms with Crippen LogP contribution < -0.4 is 10.1 Å². The van der Waals surface area contributed by atoms with Gasteiger partial charge in [0.25, 0.3) is 5.91 Å². The predicted molar refractivity (Wildman–Crippen MR) is 95.5 cm³/mol. The van der Waals surface area contributed by atoms with Crippen molar-refractivity contribution in [2.75, 3.05) is 13.1 Å². The molecule has 5 heteroatoms. The summed E-state index contributed by atoms with van der Waals surface area (Å²) in [6, 6.07) is 10.4. The van der Waals surface area contributed by atoms with Gasteiger partial charge in [0.2, 0.25) is 0 Å². The molecule has 0 unspecified atom stereocenters. The summed E-state index contributed by atoms with van der Waals surface area (Å²) in [6.45, 7) is 4.90. The molecule has 2 atom stereocenters. The van der Waals surface area contributed by atoms with E-state index >= 15 is 0 Å². The first-order chi connectivity index (χ1) is 11.7. The highest BCUT2D eigenvalue weighted by atomic mass is 32.1. The summed E-state index contributed by atoms with van der Waals surface area (Å²) in [5.41, 5.74) is 2.56. The Hall–Kier alpha value is -1.85. The molecule has 0 radical (unpaired) electrons. The molecule has 1 aromatic carbocycles. The fourth-order valence-electron chi connectivity index (χ4n) is 3.47. The summed E-state index contributed by atoms with van der Waals surface area (Å²) in [4.78, 5) is 16.4. The number of nitrogens with one attached hydrogen (secondary N) is 1. The highest BCUT2D eigenvalue weighted by Gasteiger charge is 2.29. The van der Waals surface area contributed by atoms with Crippen molar-refractivity contribution in [3.8, 4) is 5.75 Å². The average molecular weight is 342 g/mol. The zero-order valence-corrected chi connectivity index (χ0v) is 14.6. The third-order valence-corrected chi connectivity index (χ3v) is 5.99. The normalized spacial score (nSPS) is 20.8. The van der Waals surface area contributed by atoms with E-state index in [2.05, 4.69) is 28.6 Å². The molecule has 2 aromatic rings. The van der Waals surface area contributed by atoms with Gasteiger partial charge in [0.15, 0.2) is 6.10 Å². The lowest BCUT2D eigenvalue weighted by atomic mass is 10.1. The van der Waals surface area contributed by atoms with E-state index in [4.69, 9.17) is 4.74 Å². The SMILES string of the molecule is C[C@H](CNC(=O)[C@@H]1Cc2ccccc2O1)N1CCc2sccc2C1. The van der Waals surface area contributed by atoms with E-state index in [0.29, 0.717) is 19.0 Å². The summed E-state index contributed by atoms with van der Waals surface area (Å²) < 4.78 is 5.76. The lowest BCUT2D eigenvalue weighted by Gasteiger charge is -2.32. The fourth-order valence-corrected chi connectivity index (χ4v) is 4.36. The van der Waals surface area contributed by atoms with Gasteiger partial charge in [-0.3, -0.25) is 9.69 Å². The van der Waals surface area contributed by atoms with Crippen LogP contribution in [0.25, 0.3) is 0 Å². The number of ether oxygens (including phenoxy) is 1. The maximum absolute atomic E-state index is 12.4. The average Bonchev–Trinajstić information content (AvgIpc) is 3.24. The van der Waals surface area contributed by atoms with E-state index in [0.717, 1.165) is 30.8 Å². The molecule has 0 spiro atoms. The molecule has 3 heterocycles. The quantitative estimate of drug-likeness (QED) is 0.929. The maximum Gasteiger partial charge on any atom is 0.261 e. The second-order valence-electron chi connectivity index (χ2n) is 6.60. The molecule has 126 valence electrons. The van der Waals surface area contributed by atoms with Crippen molar-refractivity contribution in [1.82, 2.24) is 10.2 Å². The predicted octanol–water partition coefficient (Wildman–Crippen LogP) is 2.61. The summed E-state index contributed by atoms with van der Waals surface area (Å²) in [6.07, 6.45) is 1.39. The van der Waals surface area contributed by atoms with Crippen molar-refractivity contribution >= 4 is 17.2 Å². The minimum absolute atomic E-state index is 0.00807. The Labute approximate surface area is 146 Å². The molecule has 0 fully saturated rings. The van der Waals surface area contributed by atoms with Crippen molar-refractivity contribution in [3.05, 3.63) is 51.7 Å². The molecule has 0 aliphatic carbocycles. The number of fused-ring (bicyclic) bond motifs is 2. The van der Waals surface area contributed by atoms with Gasteiger partial charge in [-0.1, -0.05) is 18.2 Å². The monoisotopic (exact) mass is 342 g/mol. The Morgan fingerprint density at radius 3 is 3.12 bits per heavy atom. The smallest absolute Gasteiger partial charge is 0.261 e. The van der Waals surface area contributed by atoms with Crippen LogP contribution in [0.3, 0.4) is 0 Å². The second kappa shape index (κ2) is 6.57. The summed E-state index contributed by atoms with van der Waals surface area (Å²) >= 11 is 1.86. The van der Waals surface area contributed by atoms with Crippen LogP contribution >= 0.6 is 11.3 Å². The number of benzene rings is 1. The molecule has 0 saturated carbocycles. The topological polar surface area (TPSA) is 41.6 Å². The largest absolute Gasteiger partial charge is 0.480 e. The summed E-state index contributed by atoms with van der Waals surface area (Å²) in [5, 5.41) is 5.25. The molecule has 2 aliphatic rings. The van der Waals surface area contributed by atoms with Crippen LogP contribution in [-0.4, -0.2) is 36.0 Å². The fraction of sp³-hybridized carbons (Fsp3) is 0.421.